The molecule has 3 aromatic rings. The minimum Gasteiger partial charge on any atom is -0.465 e. The molecule has 0 N–H and O–H groups in total. The fourth-order valence-corrected chi connectivity index (χ4v) is 2.55. The van der Waals surface area contributed by atoms with Gasteiger partial charge < -0.3 is 4.74 Å². The van der Waals surface area contributed by atoms with Crippen LogP contribution in [-0.4, -0.2) is 18.1 Å². The molecule has 0 spiro atoms. The van der Waals surface area contributed by atoms with Crippen LogP contribution in [-0.2, 0) is 4.74 Å². The van der Waals surface area contributed by atoms with Crippen LogP contribution in [0.3, 0.4) is 0 Å². The van der Waals surface area contributed by atoms with Crippen LogP contribution in [0.2, 0.25) is 0 Å². The molecule has 3 rings (SSSR count). The molecule has 0 radical (unpaired) electrons. The second-order valence-electron chi connectivity index (χ2n) is 4.84. The molecule has 1 heterocycles. The number of hydrogen-bond acceptors (Lipinski definition) is 3. The summed E-state index contributed by atoms with van der Waals surface area (Å²) in [7, 11) is 1.40. The number of esters is 1. The zero-order valence-corrected chi connectivity index (χ0v) is 12.0. The van der Waals surface area contributed by atoms with Crippen LogP contribution in [0.15, 0.2) is 54.6 Å². The van der Waals surface area contributed by atoms with Gasteiger partial charge in [0.25, 0.3) is 0 Å². The maximum Gasteiger partial charge on any atom is 0.338 e. The third-order valence-electron chi connectivity index (χ3n) is 3.57. The second-order valence-corrected chi connectivity index (χ2v) is 4.84. The summed E-state index contributed by atoms with van der Waals surface area (Å²) >= 11 is 0. The first-order valence-electron chi connectivity index (χ1n) is 6.75. The number of methoxy groups -OCH3 is 1. The summed E-state index contributed by atoms with van der Waals surface area (Å²) in [6, 6.07) is 17.5. The highest BCUT2D eigenvalue weighted by atomic mass is 16.5. The van der Waals surface area contributed by atoms with E-state index in [9.17, 15) is 4.79 Å². The van der Waals surface area contributed by atoms with Crippen LogP contribution in [0.25, 0.3) is 22.2 Å². The Morgan fingerprint density at radius 1 is 1.00 bits per heavy atom. The molecule has 0 atom stereocenters. The number of fused-ring (bicyclic) bond motifs is 1. The lowest BCUT2D eigenvalue weighted by Crippen LogP contribution is -2.07. The van der Waals surface area contributed by atoms with E-state index in [1.165, 1.54) is 7.11 Å². The van der Waals surface area contributed by atoms with Crippen molar-refractivity contribution in [2.45, 2.75) is 6.92 Å². The molecule has 0 unspecified atom stereocenters. The monoisotopic (exact) mass is 277 g/mol. The third kappa shape index (κ3) is 2.27. The number of pyridine rings is 1. The highest BCUT2D eigenvalue weighted by Crippen LogP contribution is 2.29. The van der Waals surface area contributed by atoms with E-state index in [4.69, 9.17) is 9.72 Å². The van der Waals surface area contributed by atoms with Crippen molar-refractivity contribution in [3.8, 4) is 11.3 Å². The SMILES string of the molecule is COC(=O)c1c(C)c(-c2ccccc2)nc2ccccc12. The Kier molecular flexibility index (Phi) is 3.40. The van der Waals surface area contributed by atoms with Gasteiger partial charge in [0.15, 0.2) is 0 Å². The highest BCUT2D eigenvalue weighted by molar-refractivity contribution is 6.06. The quantitative estimate of drug-likeness (QED) is 0.665. The molecule has 0 fully saturated rings. The number of ether oxygens (including phenoxy) is 1. The largest absolute Gasteiger partial charge is 0.465 e. The van der Waals surface area contributed by atoms with Crippen molar-refractivity contribution in [3.63, 3.8) is 0 Å². The lowest BCUT2D eigenvalue weighted by atomic mass is 9.98. The van der Waals surface area contributed by atoms with Crippen molar-refractivity contribution >= 4 is 16.9 Å². The smallest absolute Gasteiger partial charge is 0.338 e. The average molecular weight is 277 g/mol. The highest BCUT2D eigenvalue weighted by Gasteiger charge is 2.18. The molecule has 104 valence electrons. The van der Waals surface area contributed by atoms with Gasteiger partial charge >= 0.3 is 5.97 Å². The standard InChI is InChI=1S/C18H15NO2/c1-12-16(18(20)21-2)14-10-6-7-11-15(14)19-17(12)13-8-4-3-5-9-13/h3-11H,1-2H3. The van der Waals surface area contributed by atoms with Gasteiger partial charge in [0.05, 0.1) is 23.9 Å². The van der Waals surface area contributed by atoms with Crippen molar-refractivity contribution in [1.29, 1.82) is 0 Å². The summed E-state index contributed by atoms with van der Waals surface area (Å²) in [6.45, 7) is 1.91. The number of carbonyl (C=O) groups excluding carboxylic acids is 1. The first kappa shape index (κ1) is 13.3. The Balaban J connectivity index is 2.37. The molecule has 1 aromatic heterocycles. The van der Waals surface area contributed by atoms with E-state index in [1.54, 1.807) is 0 Å². The first-order valence-corrected chi connectivity index (χ1v) is 6.75. The van der Waals surface area contributed by atoms with Crippen LogP contribution in [0, 0.1) is 6.92 Å². The first-order chi connectivity index (χ1) is 10.2. The van der Waals surface area contributed by atoms with Crippen molar-refractivity contribution in [2.24, 2.45) is 0 Å². The summed E-state index contributed by atoms with van der Waals surface area (Å²) in [5, 5.41) is 0.821. The van der Waals surface area contributed by atoms with Gasteiger partial charge in [-0.1, -0.05) is 48.5 Å². The zero-order valence-electron chi connectivity index (χ0n) is 12.0. The minimum atomic E-state index is -0.330. The number of para-hydroxylation sites is 1. The predicted molar refractivity (Wildman–Crippen MR) is 83.3 cm³/mol. The van der Waals surface area contributed by atoms with Gasteiger partial charge in [0.2, 0.25) is 0 Å². The van der Waals surface area contributed by atoms with E-state index in [1.807, 2.05) is 61.5 Å². The maximum absolute atomic E-state index is 12.2. The normalized spacial score (nSPS) is 10.6. The minimum absolute atomic E-state index is 0.330. The summed E-state index contributed by atoms with van der Waals surface area (Å²) in [4.78, 5) is 16.9. The number of rotatable bonds is 2. The van der Waals surface area contributed by atoms with Gasteiger partial charge in [-0.15, -0.1) is 0 Å². The molecule has 0 aliphatic carbocycles. The van der Waals surface area contributed by atoms with E-state index in [-0.39, 0.29) is 5.97 Å². The number of hydrogen-bond donors (Lipinski definition) is 0. The number of carbonyl (C=O) groups is 1. The topological polar surface area (TPSA) is 39.2 Å². The van der Waals surface area contributed by atoms with E-state index >= 15 is 0 Å². The molecule has 0 saturated heterocycles. The van der Waals surface area contributed by atoms with E-state index in [0.29, 0.717) is 5.56 Å². The molecule has 2 aromatic carbocycles. The molecule has 0 bridgehead atoms. The van der Waals surface area contributed by atoms with Gasteiger partial charge in [-0.05, 0) is 18.6 Å². The van der Waals surface area contributed by atoms with Crippen LogP contribution in [0.1, 0.15) is 15.9 Å². The van der Waals surface area contributed by atoms with Gasteiger partial charge in [0, 0.05) is 10.9 Å². The third-order valence-corrected chi connectivity index (χ3v) is 3.57. The molecule has 0 amide bonds. The Labute approximate surface area is 123 Å². The Bertz CT molecular complexity index is 810. The fourth-order valence-electron chi connectivity index (χ4n) is 2.55. The summed E-state index contributed by atoms with van der Waals surface area (Å²) in [5.74, 6) is -0.330. The van der Waals surface area contributed by atoms with E-state index < -0.39 is 0 Å². The Hall–Kier alpha value is -2.68. The average Bonchev–Trinajstić information content (AvgIpc) is 2.54. The van der Waals surface area contributed by atoms with Crippen LogP contribution in [0.4, 0.5) is 0 Å². The molecule has 0 aliphatic heterocycles. The second kappa shape index (κ2) is 5.37. The van der Waals surface area contributed by atoms with Crippen LogP contribution >= 0.6 is 0 Å². The zero-order chi connectivity index (χ0) is 14.8. The molecular weight excluding hydrogens is 262 g/mol. The van der Waals surface area contributed by atoms with E-state index in [0.717, 1.165) is 27.7 Å². The van der Waals surface area contributed by atoms with Crippen molar-refractivity contribution in [3.05, 3.63) is 65.7 Å². The number of benzene rings is 2. The van der Waals surface area contributed by atoms with Crippen molar-refractivity contribution in [1.82, 2.24) is 4.98 Å². The molecular formula is C18H15NO2. The molecule has 0 aliphatic rings. The maximum atomic E-state index is 12.2. The van der Waals surface area contributed by atoms with Gasteiger partial charge in [-0.2, -0.15) is 0 Å². The fraction of sp³-hybridized carbons (Fsp3) is 0.111. The van der Waals surface area contributed by atoms with Crippen LogP contribution < -0.4 is 0 Å². The molecule has 3 nitrogen and oxygen atoms in total. The summed E-state index contributed by atoms with van der Waals surface area (Å²) in [6.07, 6.45) is 0. The molecule has 21 heavy (non-hydrogen) atoms. The number of aromatic nitrogens is 1. The summed E-state index contributed by atoms with van der Waals surface area (Å²) < 4.78 is 4.95. The Morgan fingerprint density at radius 2 is 1.67 bits per heavy atom. The van der Waals surface area contributed by atoms with E-state index in [2.05, 4.69) is 0 Å². The van der Waals surface area contributed by atoms with Crippen molar-refractivity contribution in [2.75, 3.05) is 7.11 Å². The molecule has 0 saturated carbocycles. The lowest BCUT2D eigenvalue weighted by Gasteiger charge is -2.13. The lowest BCUT2D eigenvalue weighted by molar-refractivity contribution is 0.0602. The number of nitrogens with zero attached hydrogens (tertiary/aromatic N) is 1. The van der Waals surface area contributed by atoms with Gasteiger partial charge in [0.1, 0.15) is 0 Å². The van der Waals surface area contributed by atoms with Gasteiger partial charge in [-0.25, -0.2) is 9.78 Å². The van der Waals surface area contributed by atoms with Gasteiger partial charge in [-0.3, -0.25) is 0 Å². The Morgan fingerprint density at radius 3 is 2.38 bits per heavy atom. The molecule has 3 heteroatoms. The van der Waals surface area contributed by atoms with Crippen LogP contribution in [0.5, 0.6) is 0 Å². The van der Waals surface area contributed by atoms with Crippen molar-refractivity contribution < 1.29 is 9.53 Å². The predicted octanol–water partition coefficient (Wildman–Crippen LogP) is 4.00. The summed E-state index contributed by atoms with van der Waals surface area (Å²) in [5.41, 5.74) is 4.02.